The SMILES string of the molecule is CC(O)COc1ccc(CCO)c(CCO)c1. The lowest BCUT2D eigenvalue weighted by Gasteiger charge is -2.12. The summed E-state index contributed by atoms with van der Waals surface area (Å²) in [4.78, 5) is 0. The minimum absolute atomic E-state index is 0.0677. The molecule has 0 aliphatic heterocycles. The summed E-state index contributed by atoms with van der Waals surface area (Å²) in [6.07, 6.45) is 0.612. The Hall–Kier alpha value is -1.10. The highest BCUT2D eigenvalue weighted by Crippen LogP contribution is 2.19. The first kappa shape index (κ1) is 14.0. The molecule has 4 nitrogen and oxygen atoms in total. The van der Waals surface area contributed by atoms with Crippen LogP contribution in [0.2, 0.25) is 0 Å². The van der Waals surface area contributed by atoms with E-state index >= 15 is 0 Å². The third-order valence-corrected chi connectivity index (χ3v) is 2.43. The summed E-state index contributed by atoms with van der Waals surface area (Å²) in [6.45, 7) is 2.07. The van der Waals surface area contributed by atoms with Crippen molar-refractivity contribution in [2.24, 2.45) is 0 Å². The van der Waals surface area contributed by atoms with Crippen LogP contribution in [-0.4, -0.2) is 41.2 Å². The number of hydrogen-bond donors (Lipinski definition) is 3. The molecule has 0 amide bonds. The van der Waals surface area contributed by atoms with Gasteiger partial charge in [-0.2, -0.15) is 0 Å². The maximum atomic E-state index is 9.13. The van der Waals surface area contributed by atoms with E-state index in [1.54, 1.807) is 6.92 Å². The molecule has 17 heavy (non-hydrogen) atoms. The third kappa shape index (κ3) is 4.73. The van der Waals surface area contributed by atoms with E-state index in [-0.39, 0.29) is 19.8 Å². The molecule has 0 saturated carbocycles. The molecule has 0 heterocycles. The molecule has 0 saturated heterocycles. The third-order valence-electron chi connectivity index (χ3n) is 2.43. The van der Waals surface area contributed by atoms with Gasteiger partial charge in [0.15, 0.2) is 0 Å². The molecule has 1 aromatic rings. The minimum atomic E-state index is -0.506. The van der Waals surface area contributed by atoms with Gasteiger partial charge in [-0.05, 0) is 43.0 Å². The Kier molecular flexibility index (Phi) is 5.97. The second-order valence-corrected chi connectivity index (χ2v) is 4.04. The van der Waals surface area contributed by atoms with Crippen LogP contribution in [0.4, 0.5) is 0 Å². The van der Waals surface area contributed by atoms with Crippen molar-refractivity contribution >= 4 is 0 Å². The summed E-state index contributed by atoms with van der Waals surface area (Å²) in [5.41, 5.74) is 2.00. The van der Waals surface area contributed by atoms with Crippen molar-refractivity contribution in [3.05, 3.63) is 29.3 Å². The van der Waals surface area contributed by atoms with E-state index < -0.39 is 6.10 Å². The van der Waals surface area contributed by atoms with E-state index in [9.17, 15) is 0 Å². The van der Waals surface area contributed by atoms with Crippen LogP contribution in [0.25, 0.3) is 0 Å². The summed E-state index contributed by atoms with van der Waals surface area (Å²) in [5.74, 6) is 0.677. The number of benzene rings is 1. The normalized spacial score (nSPS) is 12.5. The van der Waals surface area contributed by atoms with E-state index in [0.29, 0.717) is 18.6 Å². The molecule has 1 rings (SSSR count). The monoisotopic (exact) mass is 240 g/mol. The second-order valence-electron chi connectivity index (χ2n) is 4.04. The van der Waals surface area contributed by atoms with Gasteiger partial charge in [0, 0.05) is 13.2 Å². The summed E-state index contributed by atoms with van der Waals surface area (Å²) in [7, 11) is 0. The van der Waals surface area contributed by atoms with Gasteiger partial charge in [-0.25, -0.2) is 0 Å². The highest BCUT2D eigenvalue weighted by Gasteiger charge is 2.05. The summed E-state index contributed by atoms with van der Waals surface area (Å²) in [6, 6.07) is 5.55. The van der Waals surface area contributed by atoms with Gasteiger partial charge in [-0.3, -0.25) is 0 Å². The Morgan fingerprint density at radius 1 is 1.12 bits per heavy atom. The molecule has 3 N–H and O–H groups in total. The van der Waals surface area contributed by atoms with Crippen molar-refractivity contribution in [3.63, 3.8) is 0 Å². The quantitative estimate of drug-likeness (QED) is 0.649. The topological polar surface area (TPSA) is 69.9 Å². The first-order chi connectivity index (χ1) is 8.17. The van der Waals surface area contributed by atoms with E-state index in [4.69, 9.17) is 20.1 Å². The molecule has 0 aliphatic carbocycles. The summed E-state index contributed by atoms with van der Waals surface area (Å²) < 4.78 is 5.39. The van der Waals surface area contributed by atoms with E-state index in [2.05, 4.69) is 0 Å². The number of ether oxygens (including phenoxy) is 1. The first-order valence-corrected chi connectivity index (χ1v) is 5.81. The van der Waals surface area contributed by atoms with Gasteiger partial charge >= 0.3 is 0 Å². The molecule has 0 radical (unpaired) electrons. The van der Waals surface area contributed by atoms with Crippen molar-refractivity contribution < 1.29 is 20.1 Å². The van der Waals surface area contributed by atoms with Crippen LogP contribution in [0.1, 0.15) is 18.1 Å². The fraction of sp³-hybridized carbons (Fsp3) is 0.538. The van der Waals surface area contributed by atoms with Crippen molar-refractivity contribution in [1.82, 2.24) is 0 Å². The largest absolute Gasteiger partial charge is 0.491 e. The van der Waals surface area contributed by atoms with Gasteiger partial charge in [-0.1, -0.05) is 6.07 Å². The Balaban J connectivity index is 2.77. The lowest BCUT2D eigenvalue weighted by atomic mass is 10.0. The van der Waals surface area contributed by atoms with Gasteiger partial charge < -0.3 is 20.1 Å². The van der Waals surface area contributed by atoms with Crippen molar-refractivity contribution in [2.75, 3.05) is 19.8 Å². The fourth-order valence-electron chi connectivity index (χ4n) is 1.63. The van der Waals surface area contributed by atoms with Crippen molar-refractivity contribution in [2.45, 2.75) is 25.9 Å². The summed E-state index contributed by atoms with van der Waals surface area (Å²) >= 11 is 0. The van der Waals surface area contributed by atoms with Crippen LogP contribution >= 0.6 is 0 Å². The van der Waals surface area contributed by atoms with Crippen LogP contribution in [0.15, 0.2) is 18.2 Å². The van der Waals surface area contributed by atoms with Crippen LogP contribution in [0, 0.1) is 0 Å². The Bertz CT molecular complexity index is 336. The van der Waals surface area contributed by atoms with Gasteiger partial charge in [-0.15, -0.1) is 0 Å². The molecule has 1 unspecified atom stereocenters. The van der Waals surface area contributed by atoms with Crippen molar-refractivity contribution in [3.8, 4) is 5.75 Å². The van der Waals surface area contributed by atoms with Gasteiger partial charge in [0.05, 0.1) is 6.10 Å². The Morgan fingerprint density at radius 3 is 2.35 bits per heavy atom. The fourth-order valence-corrected chi connectivity index (χ4v) is 1.63. The number of hydrogen-bond acceptors (Lipinski definition) is 4. The molecule has 1 atom stereocenters. The molecule has 96 valence electrons. The molecule has 0 aliphatic rings. The van der Waals surface area contributed by atoms with Gasteiger partial charge in [0.2, 0.25) is 0 Å². The molecule has 1 aromatic carbocycles. The van der Waals surface area contributed by atoms with Crippen LogP contribution in [-0.2, 0) is 12.8 Å². The lowest BCUT2D eigenvalue weighted by molar-refractivity contribution is 0.122. The molecule has 4 heteroatoms. The molecular formula is C13H20O4. The highest BCUT2D eigenvalue weighted by molar-refractivity contribution is 5.36. The Labute approximate surface area is 101 Å². The Morgan fingerprint density at radius 2 is 1.76 bits per heavy atom. The number of rotatable bonds is 7. The zero-order valence-electron chi connectivity index (χ0n) is 10.1. The maximum Gasteiger partial charge on any atom is 0.119 e. The first-order valence-electron chi connectivity index (χ1n) is 5.81. The molecule has 0 fully saturated rings. The smallest absolute Gasteiger partial charge is 0.119 e. The van der Waals surface area contributed by atoms with E-state index in [0.717, 1.165) is 11.1 Å². The van der Waals surface area contributed by atoms with Crippen LogP contribution in [0.3, 0.4) is 0 Å². The minimum Gasteiger partial charge on any atom is -0.491 e. The summed E-state index contributed by atoms with van der Waals surface area (Å²) in [5, 5.41) is 27.0. The number of aliphatic hydroxyl groups is 3. The van der Waals surface area contributed by atoms with E-state index in [1.807, 2.05) is 18.2 Å². The van der Waals surface area contributed by atoms with E-state index in [1.165, 1.54) is 0 Å². The second kappa shape index (κ2) is 7.27. The average Bonchev–Trinajstić information content (AvgIpc) is 2.30. The predicted octanol–water partition coefficient (Wildman–Crippen LogP) is 0.516. The van der Waals surface area contributed by atoms with Crippen molar-refractivity contribution in [1.29, 1.82) is 0 Å². The van der Waals surface area contributed by atoms with Crippen LogP contribution in [0.5, 0.6) is 5.75 Å². The van der Waals surface area contributed by atoms with Gasteiger partial charge in [0.25, 0.3) is 0 Å². The van der Waals surface area contributed by atoms with Crippen LogP contribution < -0.4 is 4.74 Å². The average molecular weight is 240 g/mol. The lowest BCUT2D eigenvalue weighted by Crippen LogP contribution is -2.13. The molecule has 0 bridgehead atoms. The molecular weight excluding hydrogens is 220 g/mol. The standard InChI is InChI=1S/C13H20O4/c1-10(16)9-17-13-3-2-11(4-6-14)12(8-13)5-7-15/h2-3,8,10,14-16H,4-7,9H2,1H3. The number of aliphatic hydroxyl groups excluding tert-OH is 3. The molecule has 0 spiro atoms. The predicted molar refractivity (Wildman–Crippen MR) is 65.2 cm³/mol. The zero-order valence-corrected chi connectivity index (χ0v) is 10.1. The zero-order chi connectivity index (χ0) is 12.7. The molecule has 0 aromatic heterocycles. The maximum absolute atomic E-state index is 9.13. The highest BCUT2D eigenvalue weighted by atomic mass is 16.5. The van der Waals surface area contributed by atoms with Gasteiger partial charge in [0.1, 0.15) is 12.4 Å².